The number of rotatable bonds is 4. The zero-order chi connectivity index (χ0) is 17.0. The van der Waals surface area contributed by atoms with Gasteiger partial charge in [-0.25, -0.2) is 4.79 Å². The molecule has 0 spiro atoms. The van der Waals surface area contributed by atoms with Crippen molar-refractivity contribution in [1.29, 1.82) is 5.26 Å². The molecule has 1 aliphatic rings. The molecule has 126 valence electrons. The van der Waals surface area contributed by atoms with Gasteiger partial charge in [0.25, 0.3) is 0 Å². The van der Waals surface area contributed by atoms with Crippen molar-refractivity contribution in [3.63, 3.8) is 0 Å². The molecule has 1 saturated heterocycles. The topological polar surface area (TPSA) is 76.8 Å². The van der Waals surface area contributed by atoms with Crippen LogP contribution in [0.1, 0.15) is 40.0 Å². The van der Waals surface area contributed by atoms with Crippen molar-refractivity contribution < 1.29 is 14.6 Å². The minimum Gasteiger partial charge on any atom is -0.444 e. The smallest absolute Gasteiger partial charge is 0.410 e. The maximum Gasteiger partial charge on any atom is 0.410 e. The first-order valence-electron chi connectivity index (χ1n) is 7.79. The van der Waals surface area contributed by atoms with Crippen LogP contribution in [0.4, 0.5) is 4.79 Å². The second kappa shape index (κ2) is 7.30. The average molecular weight is 311 g/mol. The van der Waals surface area contributed by atoms with Crippen LogP contribution < -0.4 is 0 Å². The summed E-state index contributed by atoms with van der Waals surface area (Å²) in [6.45, 7) is 6.91. The van der Waals surface area contributed by atoms with Gasteiger partial charge in [0, 0.05) is 19.6 Å². The van der Waals surface area contributed by atoms with Crippen LogP contribution in [0.15, 0.2) is 0 Å². The Morgan fingerprint density at radius 3 is 2.64 bits per heavy atom. The van der Waals surface area contributed by atoms with Gasteiger partial charge < -0.3 is 19.6 Å². The number of ether oxygens (including phenoxy) is 1. The van der Waals surface area contributed by atoms with E-state index in [1.807, 2.05) is 39.8 Å². The molecule has 1 fully saturated rings. The van der Waals surface area contributed by atoms with Crippen LogP contribution in [0.3, 0.4) is 0 Å². The lowest BCUT2D eigenvalue weighted by atomic mass is 9.77. The molecule has 0 aromatic rings. The van der Waals surface area contributed by atoms with Crippen molar-refractivity contribution in [2.24, 2.45) is 5.41 Å². The summed E-state index contributed by atoms with van der Waals surface area (Å²) >= 11 is 0. The molecular weight excluding hydrogens is 282 g/mol. The van der Waals surface area contributed by atoms with E-state index in [4.69, 9.17) is 4.74 Å². The van der Waals surface area contributed by atoms with Gasteiger partial charge in [-0.05, 0) is 54.1 Å². The molecule has 1 heterocycles. The first kappa shape index (κ1) is 18.7. The van der Waals surface area contributed by atoms with Crippen molar-refractivity contribution in [3.8, 4) is 6.07 Å². The Hall–Kier alpha value is -1.32. The first-order valence-corrected chi connectivity index (χ1v) is 7.79. The molecule has 6 nitrogen and oxygen atoms in total. The third-order valence-electron chi connectivity index (χ3n) is 3.67. The minimum atomic E-state index is -0.690. The summed E-state index contributed by atoms with van der Waals surface area (Å²) in [4.78, 5) is 15.7. The highest BCUT2D eigenvalue weighted by atomic mass is 16.6. The van der Waals surface area contributed by atoms with Crippen LogP contribution in [-0.2, 0) is 4.74 Å². The van der Waals surface area contributed by atoms with Crippen LogP contribution in [0, 0.1) is 16.7 Å². The van der Waals surface area contributed by atoms with Gasteiger partial charge in [0.05, 0.1) is 17.6 Å². The Bertz CT molecular complexity index is 425. The number of nitrogens with zero attached hydrogens (tertiary/aromatic N) is 3. The van der Waals surface area contributed by atoms with E-state index >= 15 is 0 Å². The number of nitriles is 1. The molecule has 1 amide bonds. The molecule has 0 aliphatic carbocycles. The monoisotopic (exact) mass is 311 g/mol. The number of amides is 1. The van der Waals surface area contributed by atoms with Gasteiger partial charge in [0.2, 0.25) is 0 Å². The minimum absolute atomic E-state index is 0.322. The summed E-state index contributed by atoms with van der Waals surface area (Å²) in [6, 6.07) is 2.34. The first-order chi connectivity index (χ1) is 10.1. The van der Waals surface area contributed by atoms with Crippen molar-refractivity contribution in [2.45, 2.75) is 51.7 Å². The lowest BCUT2D eigenvalue weighted by Gasteiger charge is -2.39. The summed E-state index contributed by atoms with van der Waals surface area (Å²) in [5.74, 6) is 0. The number of aliphatic hydroxyl groups is 1. The standard InChI is InChI=1S/C16H29N3O3/c1-15(2,3)22-14(21)19-8-6-7-16(11-17,12-19)9-13(20)10-18(4)5/h13,20H,6-10,12H2,1-5H3/t13-,16-/m1/s1. The number of piperidine rings is 1. The van der Waals surface area contributed by atoms with Gasteiger partial charge in [0.1, 0.15) is 5.60 Å². The van der Waals surface area contributed by atoms with E-state index in [0.717, 1.165) is 6.42 Å². The van der Waals surface area contributed by atoms with Crippen molar-refractivity contribution >= 4 is 6.09 Å². The Morgan fingerprint density at radius 1 is 1.50 bits per heavy atom. The van der Waals surface area contributed by atoms with Crippen molar-refractivity contribution in [3.05, 3.63) is 0 Å². The molecule has 0 radical (unpaired) electrons. The van der Waals surface area contributed by atoms with E-state index in [2.05, 4.69) is 6.07 Å². The second-order valence-corrected chi connectivity index (χ2v) is 7.52. The summed E-state index contributed by atoms with van der Waals surface area (Å²) in [5, 5.41) is 19.8. The summed E-state index contributed by atoms with van der Waals surface area (Å²) in [6.07, 6.45) is 0.873. The molecule has 0 bridgehead atoms. The second-order valence-electron chi connectivity index (χ2n) is 7.52. The van der Waals surface area contributed by atoms with Crippen LogP contribution in [-0.4, -0.2) is 66.4 Å². The average Bonchev–Trinajstić information content (AvgIpc) is 2.35. The van der Waals surface area contributed by atoms with Crippen molar-refractivity contribution in [2.75, 3.05) is 33.7 Å². The fraction of sp³-hybridized carbons (Fsp3) is 0.875. The maximum atomic E-state index is 12.2. The summed E-state index contributed by atoms with van der Waals surface area (Å²) < 4.78 is 5.39. The largest absolute Gasteiger partial charge is 0.444 e. The quantitative estimate of drug-likeness (QED) is 0.857. The normalized spacial score (nSPS) is 24.0. The number of hydrogen-bond donors (Lipinski definition) is 1. The number of likely N-dealkylation sites (tertiary alicyclic amines) is 1. The SMILES string of the molecule is CN(C)C[C@H](O)C[C@@]1(C#N)CCCN(C(=O)OC(C)(C)C)C1. The van der Waals surface area contributed by atoms with Crippen molar-refractivity contribution in [1.82, 2.24) is 9.80 Å². The van der Waals surface area contributed by atoms with E-state index in [9.17, 15) is 15.2 Å². The number of hydrogen-bond acceptors (Lipinski definition) is 5. The maximum absolute atomic E-state index is 12.2. The van der Waals surface area contributed by atoms with Crippen LogP contribution in [0.5, 0.6) is 0 Å². The number of aliphatic hydroxyl groups excluding tert-OH is 1. The zero-order valence-corrected chi connectivity index (χ0v) is 14.4. The summed E-state index contributed by atoms with van der Waals surface area (Å²) in [7, 11) is 3.77. The van der Waals surface area contributed by atoms with E-state index < -0.39 is 17.1 Å². The van der Waals surface area contributed by atoms with E-state index in [1.165, 1.54) is 0 Å². The molecule has 2 atom stereocenters. The van der Waals surface area contributed by atoms with Gasteiger partial charge in [-0.1, -0.05) is 0 Å². The molecule has 6 heteroatoms. The molecular formula is C16H29N3O3. The Morgan fingerprint density at radius 2 is 2.14 bits per heavy atom. The number of likely N-dealkylation sites (N-methyl/N-ethyl adjacent to an activating group) is 1. The van der Waals surface area contributed by atoms with E-state index in [1.54, 1.807) is 4.90 Å². The molecule has 1 N–H and O–H groups in total. The van der Waals surface area contributed by atoms with Gasteiger partial charge in [0.15, 0.2) is 0 Å². The van der Waals surface area contributed by atoms with E-state index in [0.29, 0.717) is 32.5 Å². The highest BCUT2D eigenvalue weighted by molar-refractivity contribution is 5.68. The molecule has 0 aromatic heterocycles. The lowest BCUT2D eigenvalue weighted by molar-refractivity contribution is 0.00243. The number of carbonyl (C=O) groups is 1. The third kappa shape index (κ3) is 5.82. The molecule has 1 rings (SSSR count). The van der Waals surface area contributed by atoms with Gasteiger partial charge in [-0.3, -0.25) is 0 Å². The van der Waals surface area contributed by atoms with E-state index in [-0.39, 0.29) is 6.09 Å². The Kier molecular flexibility index (Phi) is 6.21. The molecule has 1 aliphatic heterocycles. The van der Waals surface area contributed by atoms with Crippen LogP contribution in [0.25, 0.3) is 0 Å². The summed E-state index contributed by atoms with van der Waals surface area (Å²) in [5.41, 5.74) is -1.24. The highest BCUT2D eigenvalue weighted by Crippen LogP contribution is 2.34. The Labute approximate surface area is 133 Å². The zero-order valence-electron chi connectivity index (χ0n) is 14.4. The Balaban J connectivity index is 2.73. The molecule has 22 heavy (non-hydrogen) atoms. The third-order valence-corrected chi connectivity index (χ3v) is 3.67. The van der Waals surface area contributed by atoms with Crippen LogP contribution in [0.2, 0.25) is 0 Å². The van der Waals surface area contributed by atoms with Gasteiger partial charge >= 0.3 is 6.09 Å². The van der Waals surface area contributed by atoms with Gasteiger partial charge in [-0.2, -0.15) is 5.26 Å². The molecule has 0 aromatic carbocycles. The predicted octanol–water partition coefficient (Wildman–Crippen LogP) is 1.84. The number of carbonyl (C=O) groups excluding carboxylic acids is 1. The fourth-order valence-electron chi connectivity index (χ4n) is 2.85. The molecule has 0 unspecified atom stereocenters. The fourth-order valence-corrected chi connectivity index (χ4v) is 2.85. The highest BCUT2D eigenvalue weighted by Gasteiger charge is 2.40. The predicted molar refractivity (Wildman–Crippen MR) is 84.3 cm³/mol. The van der Waals surface area contributed by atoms with Gasteiger partial charge in [-0.15, -0.1) is 0 Å². The lowest BCUT2D eigenvalue weighted by Crippen LogP contribution is -2.49. The van der Waals surface area contributed by atoms with Crippen LogP contribution >= 0.6 is 0 Å². The molecule has 0 saturated carbocycles.